The van der Waals surface area contributed by atoms with Gasteiger partial charge in [-0.1, -0.05) is 48.5 Å². The maximum Gasteiger partial charge on any atom is 0.407 e. The number of benzene rings is 2. The molecular formula is C26H28N2O7. The largest absolute Gasteiger partial charge is 0.480 e. The Morgan fingerprint density at radius 3 is 2.34 bits per heavy atom. The van der Waals surface area contributed by atoms with Gasteiger partial charge in [0.25, 0.3) is 0 Å². The molecule has 0 spiro atoms. The van der Waals surface area contributed by atoms with Crippen molar-refractivity contribution in [2.45, 2.75) is 25.0 Å². The second-order valence-electron chi connectivity index (χ2n) is 9.49. The summed E-state index contributed by atoms with van der Waals surface area (Å²) in [5.74, 6) is -1.25. The van der Waals surface area contributed by atoms with E-state index in [4.69, 9.17) is 19.3 Å². The number of amides is 2. The molecule has 184 valence electrons. The second-order valence-corrected chi connectivity index (χ2v) is 9.49. The minimum absolute atomic E-state index is 0.0511. The first-order chi connectivity index (χ1) is 16.9. The first kappa shape index (κ1) is 23.3. The number of hydrogen-bond acceptors (Lipinski definition) is 6. The van der Waals surface area contributed by atoms with Crippen LogP contribution < -0.4 is 5.32 Å². The number of aliphatic carboxylic acids is 1. The molecule has 2 N–H and O–H groups in total. The highest BCUT2D eigenvalue weighted by Crippen LogP contribution is 2.44. The summed E-state index contributed by atoms with van der Waals surface area (Å²) in [6.07, 6.45) is -0.887. The van der Waals surface area contributed by atoms with Gasteiger partial charge < -0.3 is 29.5 Å². The van der Waals surface area contributed by atoms with Gasteiger partial charge in [0.1, 0.15) is 13.2 Å². The van der Waals surface area contributed by atoms with Crippen LogP contribution in [-0.2, 0) is 23.8 Å². The van der Waals surface area contributed by atoms with Crippen molar-refractivity contribution in [2.75, 3.05) is 39.5 Å². The van der Waals surface area contributed by atoms with Crippen LogP contribution in [0.3, 0.4) is 0 Å². The highest BCUT2D eigenvalue weighted by molar-refractivity contribution is 5.85. The molecule has 0 aromatic heterocycles. The van der Waals surface area contributed by atoms with Gasteiger partial charge in [0.2, 0.25) is 5.91 Å². The van der Waals surface area contributed by atoms with Crippen LogP contribution in [0.1, 0.15) is 24.0 Å². The smallest absolute Gasteiger partial charge is 0.407 e. The molecular weight excluding hydrogens is 452 g/mol. The summed E-state index contributed by atoms with van der Waals surface area (Å²) in [7, 11) is 0. The van der Waals surface area contributed by atoms with E-state index in [0.717, 1.165) is 22.3 Å². The zero-order valence-corrected chi connectivity index (χ0v) is 19.4. The molecule has 2 atom stereocenters. The number of carbonyl (C=O) groups excluding carboxylic acids is 2. The maximum absolute atomic E-state index is 13.1. The number of likely N-dealkylation sites (tertiary alicyclic amines) is 1. The van der Waals surface area contributed by atoms with E-state index in [1.54, 1.807) is 11.8 Å². The Morgan fingerprint density at radius 2 is 1.71 bits per heavy atom. The average Bonchev–Trinajstić information content (AvgIpc) is 3.35. The van der Waals surface area contributed by atoms with Crippen LogP contribution in [0, 0.1) is 5.41 Å². The highest BCUT2D eigenvalue weighted by atomic mass is 16.6. The molecule has 2 aromatic rings. The number of nitrogens with zero attached hydrogens (tertiary/aromatic N) is 1. The van der Waals surface area contributed by atoms with Crippen LogP contribution in [0.5, 0.6) is 0 Å². The lowest BCUT2D eigenvalue weighted by Gasteiger charge is -2.43. The number of carbonyl (C=O) groups is 3. The van der Waals surface area contributed by atoms with Gasteiger partial charge in [-0.25, -0.2) is 9.59 Å². The van der Waals surface area contributed by atoms with Gasteiger partial charge >= 0.3 is 12.1 Å². The number of ether oxygens (including phenoxy) is 3. The van der Waals surface area contributed by atoms with Gasteiger partial charge in [-0.3, -0.25) is 4.79 Å². The first-order valence-corrected chi connectivity index (χ1v) is 11.7. The summed E-state index contributed by atoms with van der Waals surface area (Å²) in [5, 5.41) is 11.6. The molecule has 2 fully saturated rings. The molecule has 9 nitrogen and oxygen atoms in total. The first-order valence-electron chi connectivity index (χ1n) is 11.7. The third-order valence-electron chi connectivity index (χ3n) is 7.16. The van der Waals surface area contributed by atoms with E-state index >= 15 is 0 Å². The fourth-order valence-electron chi connectivity index (χ4n) is 5.13. The number of nitrogens with one attached hydrogen (secondary N) is 1. The molecule has 1 aliphatic carbocycles. The van der Waals surface area contributed by atoms with Crippen molar-refractivity contribution in [3.63, 3.8) is 0 Å². The predicted molar refractivity (Wildman–Crippen MR) is 125 cm³/mol. The van der Waals surface area contributed by atoms with Gasteiger partial charge in [-0.05, 0) is 29.2 Å². The molecule has 9 heteroatoms. The summed E-state index contributed by atoms with van der Waals surface area (Å²) in [4.78, 5) is 38.2. The van der Waals surface area contributed by atoms with E-state index in [2.05, 4.69) is 29.6 Å². The van der Waals surface area contributed by atoms with Crippen molar-refractivity contribution < 1.29 is 33.7 Å². The summed E-state index contributed by atoms with van der Waals surface area (Å²) in [5.41, 5.74) is 3.62. The van der Waals surface area contributed by atoms with Crippen molar-refractivity contribution in [3.05, 3.63) is 59.7 Å². The molecule has 35 heavy (non-hydrogen) atoms. The van der Waals surface area contributed by atoms with Gasteiger partial charge in [0.15, 0.2) is 0 Å². The number of alkyl carbamates (subject to hydrolysis) is 1. The Kier molecular flexibility index (Phi) is 6.21. The van der Waals surface area contributed by atoms with Gasteiger partial charge in [0.05, 0.1) is 30.8 Å². The number of fused-ring (bicyclic) bond motifs is 3. The molecule has 5 rings (SSSR count). The Morgan fingerprint density at radius 1 is 1.09 bits per heavy atom. The molecule has 2 unspecified atom stereocenters. The molecule has 2 saturated heterocycles. The van der Waals surface area contributed by atoms with E-state index in [-0.39, 0.29) is 44.4 Å². The van der Waals surface area contributed by atoms with Gasteiger partial charge in [-0.2, -0.15) is 0 Å². The molecule has 2 heterocycles. The minimum atomic E-state index is -1.04. The minimum Gasteiger partial charge on any atom is -0.480 e. The molecule has 0 bridgehead atoms. The Labute approximate surface area is 203 Å². The van der Waals surface area contributed by atoms with E-state index in [0.29, 0.717) is 13.1 Å². The average molecular weight is 481 g/mol. The van der Waals surface area contributed by atoms with Gasteiger partial charge in [-0.15, -0.1) is 0 Å². The van der Waals surface area contributed by atoms with Crippen LogP contribution in [0.15, 0.2) is 48.5 Å². The zero-order chi connectivity index (χ0) is 24.6. The van der Waals surface area contributed by atoms with Crippen LogP contribution in [-0.4, -0.2) is 79.6 Å². The molecule has 2 amide bonds. The summed E-state index contributed by atoms with van der Waals surface area (Å²) in [6, 6.07) is 15.7. The van der Waals surface area contributed by atoms with E-state index in [9.17, 15) is 14.4 Å². The Hall–Kier alpha value is -3.43. The molecule has 2 aromatic carbocycles. The maximum atomic E-state index is 13.1. The fraction of sp³-hybridized carbons (Fsp3) is 0.423. The van der Waals surface area contributed by atoms with Crippen molar-refractivity contribution in [2.24, 2.45) is 5.41 Å². The number of carboxylic acids is 1. The quantitative estimate of drug-likeness (QED) is 0.625. The van der Waals surface area contributed by atoms with Crippen LogP contribution in [0.4, 0.5) is 4.79 Å². The van der Waals surface area contributed by atoms with Crippen LogP contribution in [0.25, 0.3) is 11.1 Å². The van der Waals surface area contributed by atoms with Crippen LogP contribution in [0.2, 0.25) is 0 Å². The number of carboxylic acid groups (broad SMARTS) is 1. The Balaban J connectivity index is 1.18. The van der Waals surface area contributed by atoms with Crippen molar-refractivity contribution >= 4 is 18.0 Å². The van der Waals surface area contributed by atoms with E-state index in [1.165, 1.54) is 0 Å². The Bertz CT molecular complexity index is 1100. The lowest BCUT2D eigenvalue weighted by Crippen LogP contribution is -2.62. The van der Waals surface area contributed by atoms with Crippen molar-refractivity contribution in [3.8, 4) is 11.1 Å². The summed E-state index contributed by atoms with van der Waals surface area (Å²) < 4.78 is 16.4. The lowest BCUT2D eigenvalue weighted by molar-refractivity contribution is -0.160. The van der Waals surface area contributed by atoms with Crippen molar-refractivity contribution in [1.29, 1.82) is 0 Å². The molecule has 3 aliphatic rings. The van der Waals surface area contributed by atoms with E-state index in [1.807, 2.05) is 24.3 Å². The third-order valence-corrected chi connectivity index (χ3v) is 7.16. The van der Waals surface area contributed by atoms with Gasteiger partial charge in [0, 0.05) is 19.0 Å². The predicted octanol–water partition coefficient (Wildman–Crippen LogP) is 2.24. The monoisotopic (exact) mass is 480 g/mol. The highest BCUT2D eigenvalue weighted by Gasteiger charge is 2.51. The summed E-state index contributed by atoms with van der Waals surface area (Å²) >= 11 is 0. The number of hydrogen-bond donors (Lipinski definition) is 2. The normalized spacial score (nSPS) is 23.3. The second kappa shape index (κ2) is 9.31. The topological polar surface area (TPSA) is 114 Å². The SMILES string of the molecule is CC1(C(=O)N2CC(OCC(=O)O)C2)COCC1NC(=O)OCC1c2ccccc2-c2ccccc21. The fourth-order valence-corrected chi connectivity index (χ4v) is 5.13. The lowest BCUT2D eigenvalue weighted by atomic mass is 9.82. The molecule has 2 aliphatic heterocycles. The van der Waals surface area contributed by atoms with Crippen molar-refractivity contribution in [1.82, 2.24) is 10.2 Å². The zero-order valence-electron chi connectivity index (χ0n) is 19.4. The van der Waals surface area contributed by atoms with E-state index < -0.39 is 23.5 Å². The van der Waals surface area contributed by atoms with Crippen LogP contribution >= 0.6 is 0 Å². The number of rotatable bonds is 7. The standard InChI is InChI=1S/C26H28N2O7/c1-26(24(31)28-10-16(11-28)34-14-23(29)30)15-33-13-22(26)27-25(32)35-12-21-19-8-4-2-6-17(19)18-7-3-5-9-20(18)21/h2-9,16,21-22H,10-15H2,1H3,(H,27,32)(H,29,30). The third kappa shape index (κ3) is 4.37. The molecule has 0 radical (unpaired) electrons. The summed E-state index contributed by atoms with van der Waals surface area (Å²) in [6.45, 7) is 2.59. The molecule has 0 saturated carbocycles.